The third-order valence-electron chi connectivity index (χ3n) is 7.23. The van der Waals surface area contributed by atoms with Gasteiger partial charge in [0.25, 0.3) is 0 Å². The van der Waals surface area contributed by atoms with Crippen LogP contribution in [0.3, 0.4) is 0 Å². The molecule has 9 heteroatoms. The fourth-order valence-corrected chi connectivity index (χ4v) is 5.56. The highest BCUT2D eigenvalue weighted by Gasteiger charge is 2.54. The minimum Gasteiger partial charge on any atom is -0.467 e. The number of nitrogens with zero attached hydrogens (tertiary/aromatic N) is 2. The number of furan rings is 1. The van der Waals surface area contributed by atoms with E-state index in [4.69, 9.17) is 9.15 Å². The van der Waals surface area contributed by atoms with Gasteiger partial charge in [-0.3, -0.25) is 19.2 Å². The average molecular weight is 486 g/mol. The van der Waals surface area contributed by atoms with Gasteiger partial charge in [-0.1, -0.05) is 6.08 Å². The molecule has 0 unspecified atom stereocenters. The van der Waals surface area contributed by atoms with E-state index in [-0.39, 0.29) is 49.7 Å². The van der Waals surface area contributed by atoms with Gasteiger partial charge in [0.1, 0.15) is 11.2 Å². The summed E-state index contributed by atoms with van der Waals surface area (Å²) in [5.74, 6) is -0.581. The number of carbonyl (C=O) groups is 4. The topological polar surface area (TPSA) is 109 Å². The summed E-state index contributed by atoms with van der Waals surface area (Å²) in [7, 11) is 0. The normalized spacial score (nSPS) is 24.3. The third kappa shape index (κ3) is 5.44. The molecule has 1 aliphatic carbocycles. The Bertz CT molecular complexity index is 972. The van der Waals surface area contributed by atoms with Crippen LogP contribution in [0.2, 0.25) is 0 Å². The lowest BCUT2D eigenvalue weighted by atomic mass is 9.66. The molecule has 2 fully saturated rings. The highest BCUT2D eigenvalue weighted by molar-refractivity contribution is 5.92. The maximum absolute atomic E-state index is 13.6. The smallest absolute Gasteiger partial charge is 0.318 e. The number of piperidine rings is 1. The first-order chi connectivity index (χ1) is 16.9. The van der Waals surface area contributed by atoms with Crippen molar-refractivity contribution in [3.63, 3.8) is 0 Å². The van der Waals surface area contributed by atoms with Gasteiger partial charge in [0.2, 0.25) is 17.7 Å². The van der Waals surface area contributed by atoms with Crippen molar-refractivity contribution in [2.45, 2.75) is 64.8 Å². The summed E-state index contributed by atoms with van der Waals surface area (Å²) in [6.07, 6.45) is 8.14. The summed E-state index contributed by atoms with van der Waals surface area (Å²) < 4.78 is 11.0. The van der Waals surface area contributed by atoms with Gasteiger partial charge in [-0.05, 0) is 57.6 Å². The maximum Gasteiger partial charge on any atom is 0.318 e. The van der Waals surface area contributed by atoms with E-state index in [1.165, 1.54) is 0 Å². The molecule has 3 aliphatic rings. The first kappa shape index (κ1) is 25.0. The molecule has 0 saturated carbocycles. The van der Waals surface area contributed by atoms with Crippen LogP contribution in [0.4, 0.5) is 0 Å². The van der Waals surface area contributed by atoms with Crippen LogP contribution in [-0.2, 0) is 30.5 Å². The SMILES string of the molecule is CCOC(=O)[C@]12CCCC=C1N(Cc1ccco1)C(=O)[C@H](CC(=O)NCCCN1CCCC1=O)C2. The third-order valence-corrected chi connectivity index (χ3v) is 7.23. The number of likely N-dealkylation sites (tertiary alicyclic amines) is 2. The highest BCUT2D eigenvalue weighted by Crippen LogP contribution is 2.50. The number of carbonyl (C=O) groups excluding carboxylic acids is 4. The molecule has 3 amide bonds. The van der Waals surface area contributed by atoms with Crippen molar-refractivity contribution in [3.05, 3.63) is 35.9 Å². The van der Waals surface area contributed by atoms with Crippen LogP contribution in [-0.4, -0.2) is 59.7 Å². The Morgan fingerprint density at radius 1 is 1.29 bits per heavy atom. The molecule has 1 aromatic heterocycles. The number of fused-ring (bicyclic) bond motifs is 1. The molecule has 0 bridgehead atoms. The quantitative estimate of drug-likeness (QED) is 0.403. The van der Waals surface area contributed by atoms with Crippen LogP contribution in [0.15, 0.2) is 34.6 Å². The van der Waals surface area contributed by atoms with E-state index in [1.54, 1.807) is 30.2 Å². The largest absolute Gasteiger partial charge is 0.467 e. The molecule has 2 atom stereocenters. The lowest BCUT2D eigenvalue weighted by Gasteiger charge is -2.47. The minimum atomic E-state index is -0.935. The molecule has 9 nitrogen and oxygen atoms in total. The lowest BCUT2D eigenvalue weighted by Crippen LogP contribution is -2.54. The number of ether oxygens (including phenoxy) is 1. The number of hydrogen-bond acceptors (Lipinski definition) is 6. The van der Waals surface area contributed by atoms with Crippen molar-refractivity contribution in [1.29, 1.82) is 0 Å². The van der Waals surface area contributed by atoms with E-state index >= 15 is 0 Å². The molecule has 3 heterocycles. The number of nitrogens with one attached hydrogen (secondary N) is 1. The molecule has 2 saturated heterocycles. The average Bonchev–Trinajstić information content (AvgIpc) is 3.51. The lowest BCUT2D eigenvalue weighted by molar-refractivity contribution is -0.162. The summed E-state index contributed by atoms with van der Waals surface area (Å²) in [6, 6.07) is 3.56. The van der Waals surface area contributed by atoms with Gasteiger partial charge >= 0.3 is 5.97 Å². The molecule has 35 heavy (non-hydrogen) atoms. The molecule has 190 valence electrons. The van der Waals surface area contributed by atoms with E-state index < -0.39 is 11.3 Å². The van der Waals surface area contributed by atoms with E-state index in [9.17, 15) is 19.2 Å². The van der Waals surface area contributed by atoms with Crippen LogP contribution in [0.25, 0.3) is 0 Å². The fourth-order valence-electron chi connectivity index (χ4n) is 5.56. The molecule has 1 N–H and O–H groups in total. The summed E-state index contributed by atoms with van der Waals surface area (Å²) >= 11 is 0. The zero-order valence-corrected chi connectivity index (χ0v) is 20.4. The number of amides is 3. The second kappa shape index (κ2) is 11.1. The predicted octanol–water partition coefficient (Wildman–Crippen LogP) is 2.76. The van der Waals surface area contributed by atoms with Crippen molar-refractivity contribution in [2.24, 2.45) is 11.3 Å². The highest BCUT2D eigenvalue weighted by atomic mass is 16.5. The van der Waals surface area contributed by atoms with Gasteiger partial charge in [-0.25, -0.2) is 0 Å². The molecule has 0 aromatic carbocycles. The Balaban J connectivity index is 1.45. The first-order valence-electron chi connectivity index (χ1n) is 12.7. The van der Waals surface area contributed by atoms with Crippen LogP contribution < -0.4 is 5.32 Å². The number of hydrogen-bond donors (Lipinski definition) is 1. The number of rotatable bonds is 10. The van der Waals surface area contributed by atoms with Crippen LogP contribution in [0.5, 0.6) is 0 Å². The summed E-state index contributed by atoms with van der Waals surface area (Å²) in [5, 5.41) is 2.89. The second-order valence-corrected chi connectivity index (χ2v) is 9.58. The zero-order chi connectivity index (χ0) is 24.8. The monoisotopic (exact) mass is 485 g/mol. The van der Waals surface area contributed by atoms with Gasteiger partial charge < -0.3 is 24.3 Å². The second-order valence-electron chi connectivity index (χ2n) is 9.58. The Kier molecular flexibility index (Phi) is 7.93. The molecule has 1 aromatic rings. The standard InChI is InChI=1S/C26H35N3O6/c1-2-34-25(33)26-11-4-3-9-21(26)29(18-20-8-6-15-35-20)24(32)19(17-26)16-22(30)27-12-7-14-28-13-5-10-23(28)31/h6,8-9,15,19H,2-5,7,10-14,16-18H2,1H3,(H,27,30)/t19-,26+/m1/s1. The first-order valence-corrected chi connectivity index (χ1v) is 12.7. The summed E-state index contributed by atoms with van der Waals surface area (Å²) in [5.41, 5.74) is -0.258. The van der Waals surface area contributed by atoms with Gasteiger partial charge in [-0.15, -0.1) is 0 Å². The Hall–Kier alpha value is -3.10. The van der Waals surface area contributed by atoms with Crippen molar-refractivity contribution < 1.29 is 28.3 Å². The number of esters is 1. The summed E-state index contributed by atoms with van der Waals surface area (Å²) in [6.45, 7) is 4.08. The Morgan fingerprint density at radius 3 is 2.86 bits per heavy atom. The summed E-state index contributed by atoms with van der Waals surface area (Å²) in [4.78, 5) is 54.8. The number of allylic oxidation sites excluding steroid dienone is 1. The van der Waals surface area contributed by atoms with Crippen LogP contribution >= 0.6 is 0 Å². The van der Waals surface area contributed by atoms with E-state index in [0.717, 1.165) is 25.8 Å². The minimum absolute atomic E-state index is 0.00453. The molecule has 2 aliphatic heterocycles. The van der Waals surface area contributed by atoms with Gasteiger partial charge in [0.05, 0.1) is 19.4 Å². The Labute approximate surface area is 205 Å². The molecular formula is C26H35N3O6. The van der Waals surface area contributed by atoms with Gasteiger partial charge in [-0.2, -0.15) is 0 Å². The van der Waals surface area contributed by atoms with E-state index in [1.807, 2.05) is 11.0 Å². The van der Waals surface area contributed by atoms with E-state index in [2.05, 4.69) is 5.32 Å². The predicted molar refractivity (Wildman–Crippen MR) is 126 cm³/mol. The van der Waals surface area contributed by atoms with Crippen LogP contribution in [0.1, 0.15) is 64.1 Å². The van der Waals surface area contributed by atoms with Gasteiger partial charge in [0.15, 0.2) is 0 Å². The Morgan fingerprint density at radius 2 is 2.14 bits per heavy atom. The molecule has 0 spiro atoms. The molecule has 0 radical (unpaired) electrons. The molecule has 4 rings (SSSR count). The maximum atomic E-state index is 13.6. The van der Waals surface area contributed by atoms with Gasteiger partial charge in [0, 0.05) is 44.1 Å². The van der Waals surface area contributed by atoms with Crippen molar-refractivity contribution in [2.75, 3.05) is 26.2 Å². The van der Waals surface area contributed by atoms with E-state index in [0.29, 0.717) is 43.8 Å². The fraction of sp³-hybridized carbons (Fsp3) is 0.615. The van der Waals surface area contributed by atoms with Crippen molar-refractivity contribution in [3.8, 4) is 0 Å². The van der Waals surface area contributed by atoms with Crippen LogP contribution in [0, 0.1) is 11.3 Å². The zero-order valence-electron chi connectivity index (χ0n) is 20.4. The molecular weight excluding hydrogens is 450 g/mol. The van der Waals surface area contributed by atoms with Crippen molar-refractivity contribution in [1.82, 2.24) is 15.1 Å². The van der Waals surface area contributed by atoms with Crippen molar-refractivity contribution >= 4 is 23.7 Å².